The third kappa shape index (κ3) is 3.29. The molecule has 1 heterocycles. The Hall–Kier alpha value is -3.05. The first-order valence-electron chi connectivity index (χ1n) is 6.51. The summed E-state index contributed by atoms with van der Waals surface area (Å²) in [6.45, 7) is 3.93. The highest BCUT2D eigenvalue weighted by Gasteiger charge is 2.10. The smallest absolute Gasteiger partial charge is 0.226 e. The van der Waals surface area contributed by atoms with Crippen molar-refractivity contribution >= 4 is 5.69 Å². The van der Waals surface area contributed by atoms with E-state index >= 15 is 0 Å². The van der Waals surface area contributed by atoms with Crippen LogP contribution in [0.2, 0.25) is 0 Å². The quantitative estimate of drug-likeness (QED) is 0.864. The van der Waals surface area contributed by atoms with E-state index < -0.39 is 0 Å². The number of hydrogen-bond acceptors (Lipinski definition) is 5. The van der Waals surface area contributed by atoms with E-state index in [4.69, 9.17) is 14.9 Å². The summed E-state index contributed by atoms with van der Waals surface area (Å²) in [7, 11) is 0. The zero-order chi connectivity index (χ0) is 15.2. The summed E-state index contributed by atoms with van der Waals surface area (Å²) >= 11 is 0. The molecule has 5 heteroatoms. The van der Waals surface area contributed by atoms with E-state index in [1.165, 1.54) is 6.20 Å². The fraction of sp³-hybridized carbons (Fsp3) is 0.188. The van der Waals surface area contributed by atoms with Crippen molar-refractivity contribution in [1.29, 1.82) is 10.5 Å². The van der Waals surface area contributed by atoms with Crippen LogP contribution < -0.4 is 5.32 Å². The van der Waals surface area contributed by atoms with E-state index in [0.717, 1.165) is 29.1 Å². The molecule has 0 aliphatic rings. The average Bonchev–Trinajstić information content (AvgIpc) is 2.90. The van der Waals surface area contributed by atoms with Crippen molar-refractivity contribution in [3.63, 3.8) is 0 Å². The van der Waals surface area contributed by atoms with Crippen LogP contribution in [0.25, 0.3) is 11.5 Å². The van der Waals surface area contributed by atoms with Gasteiger partial charge in [-0.05, 0) is 31.5 Å². The van der Waals surface area contributed by atoms with Gasteiger partial charge in [-0.15, -0.1) is 0 Å². The Balaban J connectivity index is 2.28. The SMILES string of the molecule is CCc1nc(-c2cccc(NC=C(C#N)C#N)c2)oc1C. The van der Waals surface area contributed by atoms with Gasteiger partial charge in [-0.2, -0.15) is 10.5 Å². The molecule has 1 aromatic heterocycles. The minimum Gasteiger partial charge on any atom is -0.441 e. The molecule has 0 aliphatic heterocycles. The van der Waals surface area contributed by atoms with Crippen LogP contribution in [-0.2, 0) is 6.42 Å². The number of nitriles is 2. The van der Waals surface area contributed by atoms with E-state index in [9.17, 15) is 0 Å². The number of oxazole rings is 1. The lowest BCUT2D eigenvalue weighted by molar-refractivity contribution is 0.540. The van der Waals surface area contributed by atoms with Gasteiger partial charge in [0, 0.05) is 17.5 Å². The molecule has 0 atom stereocenters. The van der Waals surface area contributed by atoms with Crippen LogP contribution >= 0.6 is 0 Å². The average molecular weight is 278 g/mol. The van der Waals surface area contributed by atoms with Crippen molar-refractivity contribution < 1.29 is 4.42 Å². The fourth-order valence-electron chi connectivity index (χ4n) is 1.87. The molecule has 0 aliphatic carbocycles. The highest BCUT2D eigenvalue weighted by molar-refractivity contribution is 5.62. The van der Waals surface area contributed by atoms with Crippen molar-refractivity contribution in [2.75, 3.05) is 5.32 Å². The molecule has 0 saturated heterocycles. The first-order chi connectivity index (χ1) is 10.2. The number of nitrogens with zero attached hydrogens (tertiary/aromatic N) is 3. The maximum Gasteiger partial charge on any atom is 0.226 e. The maximum absolute atomic E-state index is 8.69. The molecule has 21 heavy (non-hydrogen) atoms. The molecule has 0 amide bonds. The van der Waals surface area contributed by atoms with Gasteiger partial charge >= 0.3 is 0 Å². The molecule has 0 spiro atoms. The van der Waals surface area contributed by atoms with Gasteiger partial charge < -0.3 is 9.73 Å². The number of nitrogens with one attached hydrogen (secondary N) is 1. The maximum atomic E-state index is 8.69. The molecule has 2 rings (SSSR count). The van der Waals surface area contributed by atoms with E-state index in [1.54, 1.807) is 12.1 Å². The van der Waals surface area contributed by atoms with E-state index in [1.807, 2.05) is 38.1 Å². The van der Waals surface area contributed by atoms with Gasteiger partial charge in [0.05, 0.1) is 5.69 Å². The molecular weight excluding hydrogens is 264 g/mol. The van der Waals surface area contributed by atoms with Gasteiger partial charge in [0.25, 0.3) is 0 Å². The van der Waals surface area contributed by atoms with Crippen LogP contribution in [-0.4, -0.2) is 4.98 Å². The minimum atomic E-state index is 0.0145. The summed E-state index contributed by atoms with van der Waals surface area (Å²) in [6, 6.07) is 11.0. The zero-order valence-electron chi connectivity index (χ0n) is 11.8. The number of hydrogen-bond donors (Lipinski definition) is 1. The van der Waals surface area contributed by atoms with Crippen molar-refractivity contribution in [1.82, 2.24) is 4.98 Å². The Morgan fingerprint density at radius 3 is 2.76 bits per heavy atom. The molecule has 1 aromatic carbocycles. The Morgan fingerprint density at radius 1 is 1.38 bits per heavy atom. The van der Waals surface area contributed by atoms with Crippen molar-refractivity contribution in [2.45, 2.75) is 20.3 Å². The van der Waals surface area contributed by atoms with Gasteiger partial charge in [-0.1, -0.05) is 13.0 Å². The van der Waals surface area contributed by atoms with Crippen molar-refractivity contribution in [3.05, 3.63) is 47.5 Å². The van der Waals surface area contributed by atoms with Crippen LogP contribution in [0, 0.1) is 29.6 Å². The van der Waals surface area contributed by atoms with Crippen LogP contribution in [0.1, 0.15) is 18.4 Å². The summed E-state index contributed by atoms with van der Waals surface area (Å²) in [5.41, 5.74) is 2.55. The second kappa shape index (κ2) is 6.40. The molecule has 2 aromatic rings. The lowest BCUT2D eigenvalue weighted by Crippen LogP contribution is -1.90. The van der Waals surface area contributed by atoms with Crippen LogP contribution in [0.3, 0.4) is 0 Å². The standard InChI is InChI=1S/C16H14N4O/c1-3-15-11(2)21-16(20-15)13-5-4-6-14(7-13)19-10-12(8-17)9-18/h4-7,10,19H,3H2,1-2H3. The lowest BCUT2D eigenvalue weighted by Gasteiger charge is -2.02. The molecule has 5 nitrogen and oxygen atoms in total. The summed E-state index contributed by atoms with van der Waals surface area (Å²) in [5.74, 6) is 1.39. The molecule has 104 valence electrons. The van der Waals surface area contributed by atoms with E-state index in [-0.39, 0.29) is 5.57 Å². The molecule has 1 N–H and O–H groups in total. The molecule has 0 fully saturated rings. The Labute approximate surface area is 123 Å². The topological polar surface area (TPSA) is 85.6 Å². The summed E-state index contributed by atoms with van der Waals surface area (Å²) in [6.07, 6.45) is 2.20. The zero-order valence-corrected chi connectivity index (χ0v) is 11.8. The second-order valence-electron chi connectivity index (χ2n) is 4.38. The van der Waals surface area contributed by atoms with Crippen LogP contribution in [0.5, 0.6) is 0 Å². The van der Waals surface area contributed by atoms with Crippen LogP contribution in [0.15, 0.2) is 40.5 Å². The van der Waals surface area contributed by atoms with Gasteiger partial charge in [0.2, 0.25) is 5.89 Å². The minimum absolute atomic E-state index is 0.0145. The molecular formula is C16H14N4O. The van der Waals surface area contributed by atoms with Gasteiger partial charge in [-0.3, -0.25) is 0 Å². The summed E-state index contributed by atoms with van der Waals surface area (Å²) in [5, 5.41) is 20.3. The highest BCUT2D eigenvalue weighted by atomic mass is 16.4. The Bertz CT molecular complexity index is 743. The van der Waals surface area contributed by atoms with Crippen molar-refractivity contribution in [2.24, 2.45) is 0 Å². The van der Waals surface area contributed by atoms with E-state index in [2.05, 4.69) is 10.3 Å². The molecule has 0 saturated carbocycles. The largest absolute Gasteiger partial charge is 0.441 e. The first kappa shape index (κ1) is 14.4. The number of allylic oxidation sites excluding steroid dienone is 1. The highest BCUT2D eigenvalue weighted by Crippen LogP contribution is 2.24. The predicted octanol–water partition coefficient (Wildman–Crippen LogP) is 3.56. The Kier molecular flexibility index (Phi) is 4.38. The normalized spacial score (nSPS) is 9.52. The Morgan fingerprint density at radius 2 is 2.14 bits per heavy atom. The third-order valence-corrected chi connectivity index (χ3v) is 2.96. The first-order valence-corrected chi connectivity index (χ1v) is 6.51. The number of aromatic nitrogens is 1. The summed E-state index contributed by atoms with van der Waals surface area (Å²) in [4.78, 5) is 4.45. The monoisotopic (exact) mass is 278 g/mol. The van der Waals surface area contributed by atoms with Crippen LogP contribution in [0.4, 0.5) is 5.69 Å². The molecule has 0 bridgehead atoms. The third-order valence-electron chi connectivity index (χ3n) is 2.96. The fourth-order valence-corrected chi connectivity index (χ4v) is 1.87. The molecule has 0 radical (unpaired) electrons. The predicted molar refractivity (Wildman–Crippen MR) is 79.0 cm³/mol. The number of benzene rings is 1. The number of aryl methyl sites for hydroxylation is 2. The van der Waals surface area contributed by atoms with Gasteiger partial charge in [0.1, 0.15) is 23.5 Å². The molecule has 0 unspecified atom stereocenters. The second-order valence-corrected chi connectivity index (χ2v) is 4.38. The van der Waals surface area contributed by atoms with E-state index in [0.29, 0.717) is 5.89 Å². The van der Waals surface area contributed by atoms with Gasteiger partial charge in [-0.25, -0.2) is 4.98 Å². The number of rotatable bonds is 4. The lowest BCUT2D eigenvalue weighted by atomic mass is 10.2. The summed E-state index contributed by atoms with van der Waals surface area (Å²) < 4.78 is 5.66. The van der Waals surface area contributed by atoms with Gasteiger partial charge in [0.15, 0.2) is 0 Å². The number of anilines is 1. The van der Waals surface area contributed by atoms with Crippen molar-refractivity contribution in [3.8, 4) is 23.6 Å².